The third-order valence-corrected chi connectivity index (χ3v) is 3.02. The van der Waals surface area contributed by atoms with E-state index in [1.165, 1.54) is 10.4 Å². The summed E-state index contributed by atoms with van der Waals surface area (Å²) in [6.45, 7) is 0.541. The normalized spacial score (nSPS) is 9.67. The van der Waals surface area contributed by atoms with Crippen LogP contribution in [0.25, 0.3) is 0 Å². The van der Waals surface area contributed by atoms with E-state index in [1.54, 1.807) is 11.3 Å². The average molecular weight is 241 g/mol. The summed E-state index contributed by atoms with van der Waals surface area (Å²) in [4.78, 5) is 5.50. The van der Waals surface area contributed by atoms with E-state index < -0.39 is 0 Å². The molecule has 0 saturated heterocycles. The molecule has 4 heteroatoms. The van der Waals surface area contributed by atoms with Gasteiger partial charge in [0.15, 0.2) is 0 Å². The number of nitrogens with zero attached hydrogens (tertiary/aromatic N) is 1. The Morgan fingerprint density at radius 3 is 2.53 bits per heavy atom. The van der Waals surface area contributed by atoms with E-state index in [0.717, 1.165) is 11.4 Å². The van der Waals surface area contributed by atoms with E-state index in [-0.39, 0.29) is 12.4 Å². The molecule has 0 spiro atoms. The van der Waals surface area contributed by atoms with Gasteiger partial charge in [0.25, 0.3) is 0 Å². The third kappa shape index (κ3) is 3.30. The molecule has 0 saturated carbocycles. The summed E-state index contributed by atoms with van der Waals surface area (Å²) >= 11 is 1.69. The molecule has 80 valence electrons. The first-order valence-corrected chi connectivity index (χ1v) is 5.37. The Labute approximate surface area is 99.6 Å². The summed E-state index contributed by atoms with van der Waals surface area (Å²) in [6, 6.07) is 10.4. The predicted molar refractivity (Wildman–Crippen MR) is 66.5 cm³/mol. The molecule has 0 atom stereocenters. The largest absolute Gasteiger partial charge is 0.325 e. The molecule has 0 amide bonds. The van der Waals surface area contributed by atoms with Gasteiger partial charge in [-0.15, -0.1) is 23.7 Å². The van der Waals surface area contributed by atoms with E-state index >= 15 is 0 Å². The zero-order chi connectivity index (χ0) is 9.80. The van der Waals surface area contributed by atoms with Crippen LogP contribution in [0.3, 0.4) is 0 Å². The van der Waals surface area contributed by atoms with E-state index in [0.29, 0.717) is 6.54 Å². The fourth-order valence-electron chi connectivity index (χ4n) is 1.32. The molecule has 0 unspecified atom stereocenters. The van der Waals surface area contributed by atoms with Crippen molar-refractivity contribution in [1.29, 1.82) is 0 Å². The van der Waals surface area contributed by atoms with Crippen molar-refractivity contribution in [2.75, 3.05) is 0 Å². The Bertz CT molecular complexity index is 400. The molecule has 0 bridgehead atoms. The number of aromatic nitrogens is 1. The number of halogens is 1. The highest BCUT2D eigenvalue weighted by Crippen LogP contribution is 2.16. The topological polar surface area (TPSA) is 38.9 Å². The SMILES string of the molecule is Cl.NCc1ncc(Cc2ccccc2)s1. The number of hydrogen-bond acceptors (Lipinski definition) is 3. The second-order valence-electron chi connectivity index (χ2n) is 3.09. The highest BCUT2D eigenvalue weighted by atomic mass is 35.5. The highest BCUT2D eigenvalue weighted by molar-refractivity contribution is 7.11. The molecule has 0 fully saturated rings. The maximum atomic E-state index is 5.50. The number of benzene rings is 1. The quantitative estimate of drug-likeness (QED) is 0.896. The van der Waals surface area contributed by atoms with Gasteiger partial charge in [0.2, 0.25) is 0 Å². The molecule has 2 nitrogen and oxygen atoms in total. The van der Waals surface area contributed by atoms with Gasteiger partial charge >= 0.3 is 0 Å². The molecule has 0 radical (unpaired) electrons. The van der Waals surface area contributed by atoms with Crippen LogP contribution in [-0.4, -0.2) is 4.98 Å². The minimum absolute atomic E-state index is 0. The lowest BCUT2D eigenvalue weighted by Crippen LogP contribution is -1.93. The lowest BCUT2D eigenvalue weighted by Gasteiger charge is -1.95. The van der Waals surface area contributed by atoms with Crippen LogP contribution in [0.1, 0.15) is 15.4 Å². The van der Waals surface area contributed by atoms with E-state index in [1.807, 2.05) is 12.3 Å². The molecule has 1 aromatic heterocycles. The number of hydrogen-bond donors (Lipinski definition) is 1. The minimum atomic E-state index is 0. The molecule has 0 aliphatic rings. The van der Waals surface area contributed by atoms with Gasteiger partial charge in [-0.1, -0.05) is 30.3 Å². The maximum absolute atomic E-state index is 5.50. The average Bonchev–Trinajstić information content (AvgIpc) is 2.67. The van der Waals surface area contributed by atoms with E-state index in [2.05, 4.69) is 29.2 Å². The zero-order valence-electron chi connectivity index (χ0n) is 8.22. The third-order valence-electron chi connectivity index (χ3n) is 2.00. The van der Waals surface area contributed by atoms with Crippen LogP contribution < -0.4 is 5.73 Å². The summed E-state index contributed by atoms with van der Waals surface area (Å²) in [5, 5.41) is 1.01. The van der Waals surface area contributed by atoms with Crippen LogP contribution in [0.15, 0.2) is 36.5 Å². The molecule has 0 aliphatic carbocycles. The van der Waals surface area contributed by atoms with Gasteiger partial charge in [-0.3, -0.25) is 0 Å². The molecule has 1 heterocycles. The number of thiazole rings is 1. The molecular weight excluding hydrogens is 228 g/mol. The standard InChI is InChI=1S/C11H12N2S.ClH/c12-7-11-13-8-10(14-11)6-9-4-2-1-3-5-9;/h1-5,8H,6-7,12H2;1H. The van der Waals surface area contributed by atoms with Gasteiger partial charge in [0.1, 0.15) is 5.01 Å². The lowest BCUT2D eigenvalue weighted by atomic mass is 10.1. The van der Waals surface area contributed by atoms with Crippen molar-refractivity contribution in [3.63, 3.8) is 0 Å². The number of rotatable bonds is 3. The molecular formula is C11H13ClN2S. The summed E-state index contributed by atoms with van der Waals surface area (Å²) in [5.74, 6) is 0. The molecule has 2 rings (SSSR count). The van der Waals surface area contributed by atoms with Gasteiger partial charge in [0.05, 0.1) is 0 Å². The predicted octanol–water partition coefficient (Wildman–Crippen LogP) is 2.61. The Kier molecular flexibility index (Phi) is 4.75. The second kappa shape index (κ2) is 5.85. The van der Waals surface area contributed by atoms with Gasteiger partial charge in [-0.05, 0) is 5.56 Å². The molecule has 15 heavy (non-hydrogen) atoms. The van der Waals surface area contributed by atoms with Crippen LogP contribution >= 0.6 is 23.7 Å². The number of nitrogens with two attached hydrogens (primary N) is 1. The highest BCUT2D eigenvalue weighted by Gasteiger charge is 2.00. The van der Waals surface area contributed by atoms with Crippen molar-refractivity contribution < 1.29 is 0 Å². The van der Waals surface area contributed by atoms with Crippen molar-refractivity contribution >= 4 is 23.7 Å². The molecule has 2 N–H and O–H groups in total. The second-order valence-corrected chi connectivity index (χ2v) is 4.29. The Hall–Kier alpha value is -0.900. The van der Waals surface area contributed by atoms with Gasteiger partial charge in [-0.25, -0.2) is 4.98 Å². The van der Waals surface area contributed by atoms with E-state index in [4.69, 9.17) is 5.73 Å². The Morgan fingerprint density at radius 1 is 1.20 bits per heavy atom. The first-order valence-electron chi connectivity index (χ1n) is 4.56. The molecule has 0 aliphatic heterocycles. The van der Waals surface area contributed by atoms with Crippen molar-refractivity contribution in [2.45, 2.75) is 13.0 Å². The van der Waals surface area contributed by atoms with Crippen molar-refractivity contribution in [3.05, 3.63) is 52.0 Å². The fraction of sp³-hybridized carbons (Fsp3) is 0.182. The first kappa shape index (κ1) is 12.2. The minimum Gasteiger partial charge on any atom is -0.325 e. The first-order chi connectivity index (χ1) is 6.88. The van der Waals surface area contributed by atoms with Gasteiger partial charge in [-0.2, -0.15) is 0 Å². The van der Waals surface area contributed by atoms with Gasteiger partial charge in [0, 0.05) is 24.0 Å². The van der Waals surface area contributed by atoms with Gasteiger partial charge < -0.3 is 5.73 Å². The van der Waals surface area contributed by atoms with Crippen LogP contribution in [0.5, 0.6) is 0 Å². The van der Waals surface area contributed by atoms with Crippen molar-refractivity contribution in [3.8, 4) is 0 Å². The molecule has 1 aromatic carbocycles. The summed E-state index contributed by atoms with van der Waals surface area (Å²) < 4.78 is 0. The van der Waals surface area contributed by atoms with Crippen LogP contribution in [0, 0.1) is 0 Å². The summed E-state index contributed by atoms with van der Waals surface area (Å²) in [6.07, 6.45) is 2.87. The van der Waals surface area contributed by atoms with E-state index in [9.17, 15) is 0 Å². The van der Waals surface area contributed by atoms with Crippen molar-refractivity contribution in [2.24, 2.45) is 5.73 Å². The molecule has 2 aromatic rings. The smallest absolute Gasteiger partial charge is 0.106 e. The monoisotopic (exact) mass is 240 g/mol. The Balaban J connectivity index is 0.00000112. The summed E-state index contributed by atoms with van der Waals surface area (Å²) in [7, 11) is 0. The summed E-state index contributed by atoms with van der Waals surface area (Å²) in [5.41, 5.74) is 6.82. The van der Waals surface area contributed by atoms with Crippen LogP contribution in [0.4, 0.5) is 0 Å². The fourth-order valence-corrected chi connectivity index (χ4v) is 2.16. The lowest BCUT2D eigenvalue weighted by molar-refractivity contribution is 1.04. The maximum Gasteiger partial charge on any atom is 0.106 e. The van der Waals surface area contributed by atoms with Crippen molar-refractivity contribution in [1.82, 2.24) is 4.98 Å². The van der Waals surface area contributed by atoms with Crippen LogP contribution in [0.2, 0.25) is 0 Å². The Morgan fingerprint density at radius 2 is 1.93 bits per heavy atom. The zero-order valence-corrected chi connectivity index (χ0v) is 9.85. The van der Waals surface area contributed by atoms with Crippen LogP contribution in [-0.2, 0) is 13.0 Å².